The topological polar surface area (TPSA) is 0 Å². The second-order valence-electron chi connectivity index (χ2n) is 1.86. The van der Waals surface area contributed by atoms with Crippen molar-refractivity contribution in [2.75, 3.05) is 0 Å². The second-order valence-corrected chi connectivity index (χ2v) is 12.9. The van der Waals surface area contributed by atoms with Crippen LogP contribution in [0, 0.1) is 0 Å². The molecule has 0 aliphatic heterocycles. The summed E-state index contributed by atoms with van der Waals surface area (Å²) in [5, 5.41) is 0. The van der Waals surface area contributed by atoms with Crippen molar-refractivity contribution in [1.82, 2.24) is 0 Å². The molecule has 3 heteroatoms. The van der Waals surface area contributed by atoms with Gasteiger partial charge in [-0.3, -0.25) is 0 Å². The van der Waals surface area contributed by atoms with E-state index in [-0.39, 0.29) is -0.565 Å². The summed E-state index contributed by atoms with van der Waals surface area (Å²) in [4.78, 5) is 0. The van der Waals surface area contributed by atoms with Gasteiger partial charge < -0.3 is 0 Å². The molecule has 0 unspecified atom stereocenters. The fourth-order valence-electron chi connectivity index (χ4n) is 0.627. The van der Waals surface area contributed by atoms with Crippen LogP contribution < -0.4 is 0 Å². The minimum absolute atomic E-state index is 0.203. The number of alkyl halides is 3. The van der Waals surface area contributed by atoms with Crippen LogP contribution in [0.25, 0.3) is 0 Å². The van der Waals surface area contributed by atoms with Crippen LogP contribution in [-0.2, 0) is -0.565 Å². The molecule has 1 aromatic carbocycles. The largest absolute Gasteiger partial charge is 0.149 e. The Morgan fingerprint density at radius 1 is 0.900 bits per heavy atom. The van der Waals surface area contributed by atoms with E-state index in [4.69, 9.17) is 0 Å². The standard InChI is InChI=1S/C7H5I3/c8-7(9,10)6-4-2-1-3-5-6/h1-5H. The van der Waals surface area contributed by atoms with Gasteiger partial charge in [0.05, 0.1) is 0 Å². The summed E-state index contributed by atoms with van der Waals surface area (Å²) >= 11 is 7.25. The Balaban J connectivity index is 2.97. The Morgan fingerprint density at radius 2 is 1.40 bits per heavy atom. The van der Waals surface area contributed by atoms with Crippen LogP contribution in [0.5, 0.6) is 0 Å². The van der Waals surface area contributed by atoms with Gasteiger partial charge in [0.15, 0.2) is 0 Å². The first-order valence-electron chi connectivity index (χ1n) is 2.73. The Kier molecular flexibility index (Phi) is 3.69. The third-order valence-corrected chi connectivity index (χ3v) is 2.97. The van der Waals surface area contributed by atoms with Crippen molar-refractivity contribution < 1.29 is 0 Å². The van der Waals surface area contributed by atoms with Crippen LogP contribution in [-0.4, -0.2) is 0 Å². The van der Waals surface area contributed by atoms with Crippen molar-refractivity contribution in [2.45, 2.75) is -0.565 Å². The lowest BCUT2D eigenvalue weighted by atomic mass is 10.2. The predicted molar refractivity (Wildman–Crippen MR) is 70.2 cm³/mol. The summed E-state index contributed by atoms with van der Waals surface area (Å²) < 4.78 is 0.203. The van der Waals surface area contributed by atoms with Crippen LogP contribution >= 0.6 is 67.8 Å². The van der Waals surface area contributed by atoms with E-state index in [1.807, 2.05) is 6.07 Å². The third kappa shape index (κ3) is 2.80. The van der Waals surface area contributed by atoms with E-state index in [2.05, 4.69) is 92.0 Å². The van der Waals surface area contributed by atoms with E-state index in [9.17, 15) is 0 Å². The maximum absolute atomic E-state index is 2.42. The van der Waals surface area contributed by atoms with Crippen molar-refractivity contribution in [1.29, 1.82) is 0 Å². The van der Waals surface area contributed by atoms with E-state index in [0.29, 0.717) is 0 Å². The van der Waals surface area contributed by atoms with Crippen LogP contribution in [0.3, 0.4) is 0 Å². The van der Waals surface area contributed by atoms with Crippen LogP contribution in [0.15, 0.2) is 30.3 Å². The Labute approximate surface area is 102 Å². The monoisotopic (exact) mass is 470 g/mol. The average molecular weight is 470 g/mol. The smallest absolute Gasteiger partial charge is 0.0622 e. The van der Waals surface area contributed by atoms with Gasteiger partial charge in [-0.15, -0.1) is 0 Å². The highest BCUT2D eigenvalue weighted by atomic mass is 127. The number of hydrogen-bond acceptors (Lipinski definition) is 0. The van der Waals surface area contributed by atoms with Gasteiger partial charge in [-0.1, -0.05) is 30.3 Å². The molecule has 0 heterocycles. The third-order valence-electron chi connectivity index (χ3n) is 1.10. The molecule has 0 saturated carbocycles. The highest BCUT2D eigenvalue weighted by molar-refractivity contribution is 14.3. The first-order valence-corrected chi connectivity index (χ1v) is 5.96. The molecule has 0 aliphatic rings. The van der Waals surface area contributed by atoms with Gasteiger partial charge >= 0.3 is 0 Å². The minimum Gasteiger partial charge on any atom is -0.0622 e. The Hall–Kier alpha value is 1.41. The van der Waals surface area contributed by atoms with Gasteiger partial charge in [-0.05, 0) is 73.3 Å². The second kappa shape index (κ2) is 3.88. The lowest BCUT2D eigenvalue weighted by molar-refractivity contribution is 1.43. The highest BCUT2D eigenvalue weighted by Crippen LogP contribution is 2.45. The van der Waals surface area contributed by atoms with Crippen molar-refractivity contribution >= 4 is 67.8 Å². The van der Waals surface area contributed by atoms with Gasteiger partial charge in [0.25, 0.3) is 0 Å². The van der Waals surface area contributed by atoms with Crippen molar-refractivity contribution in [3.8, 4) is 0 Å². The number of rotatable bonds is 1. The molecule has 0 spiro atoms. The molecule has 0 saturated heterocycles. The Bertz CT molecular complexity index is 200. The summed E-state index contributed by atoms with van der Waals surface area (Å²) in [5.74, 6) is 0. The first-order chi connectivity index (χ1) is 4.61. The zero-order valence-corrected chi connectivity index (χ0v) is 11.5. The molecule has 0 radical (unpaired) electrons. The molecular formula is C7H5I3. The Morgan fingerprint density at radius 3 is 1.70 bits per heavy atom. The van der Waals surface area contributed by atoms with E-state index in [0.717, 1.165) is 0 Å². The molecular weight excluding hydrogens is 465 g/mol. The summed E-state index contributed by atoms with van der Waals surface area (Å²) in [5.41, 5.74) is 1.36. The molecule has 1 rings (SSSR count). The molecule has 0 amide bonds. The molecule has 0 fully saturated rings. The molecule has 0 aliphatic carbocycles. The van der Waals surface area contributed by atoms with Gasteiger partial charge in [-0.2, -0.15) is 0 Å². The summed E-state index contributed by atoms with van der Waals surface area (Å²) in [6, 6.07) is 10.5. The summed E-state index contributed by atoms with van der Waals surface area (Å²) in [6.45, 7) is 0. The van der Waals surface area contributed by atoms with Crippen LogP contribution in [0.4, 0.5) is 0 Å². The number of hydrogen-bond donors (Lipinski definition) is 0. The van der Waals surface area contributed by atoms with E-state index in [1.54, 1.807) is 0 Å². The molecule has 0 nitrogen and oxygen atoms in total. The van der Waals surface area contributed by atoms with Gasteiger partial charge in [0.1, 0.15) is -0.565 Å². The normalized spacial score (nSPS) is 11.5. The predicted octanol–water partition coefficient (Wildman–Crippen LogP) is 4.10. The van der Waals surface area contributed by atoms with Crippen LogP contribution in [0.1, 0.15) is 5.56 Å². The molecule has 54 valence electrons. The minimum atomic E-state index is 0.203. The molecule has 0 aromatic heterocycles. The molecule has 1 aromatic rings. The average Bonchev–Trinajstić information content (AvgIpc) is 1.88. The first kappa shape index (κ1) is 9.50. The zero-order valence-electron chi connectivity index (χ0n) is 5.02. The van der Waals surface area contributed by atoms with Crippen molar-refractivity contribution in [2.24, 2.45) is 0 Å². The highest BCUT2D eigenvalue weighted by Gasteiger charge is 2.18. The lowest BCUT2D eigenvalue weighted by Crippen LogP contribution is -1.94. The fraction of sp³-hybridized carbons (Fsp3) is 0.143. The number of halogens is 3. The van der Waals surface area contributed by atoms with E-state index < -0.39 is 0 Å². The maximum Gasteiger partial charge on any atom is 0.149 e. The zero-order chi connectivity index (χ0) is 7.61. The maximum atomic E-state index is 2.42. The van der Waals surface area contributed by atoms with Gasteiger partial charge in [0.2, 0.25) is 0 Å². The fourth-order valence-corrected chi connectivity index (χ4v) is 1.71. The SMILES string of the molecule is IC(I)(I)c1ccccc1. The summed E-state index contributed by atoms with van der Waals surface area (Å²) in [6.07, 6.45) is 0. The molecule has 0 bridgehead atoms. The lowest BCUT2D eigenvalue weighted by Gasteiger charge is -2.11. The van der Waals surface area contributed by atoms with Crippen LogP contribution in [0.2, 0.25) is 0 Å². The van der Waals surface area contributed by atoms with Gasteiger partial charge in [-0.25, -0.2) is 0 Å². The summed E-state index contributed by atoms with van der Waals surface area (Å²) in [7, 11) is 0. The van der Waals surface area contributed by atoms with E-state index in [1.165, 1.54) is 5.56 Å². The van der Waals surface area contributed by atoms with Crippen molar-refractivity contribution in [3.05, 3.63) is 35.9 Å². The quantitative estimate of drug-likeness (QED) is 0.429. The number of benzene rings is 1. The van der Waals surface area contributed by atoms with Gasteiger partial charge in [0, 0.05) is 0 Å². The molecule has 0 N–H and O–H groups in total. The van der Waals surface area contributed by atoms with Crippen molar-refractivity contribution in [3.63, 3.8) is 0 Å². The molecule has 0 atom stereocenters. The molecule has 10 heavy (non-hydrogen) atoms. The van der Waals surface area contributed by atoms with E-state index >= 15 is 0 Å².